The van der Waals surface area contributed by atoms with Crippen LogP contribution in [0.4, 0.5) is 10.5 Å². The number of imide groups is 1. The van der Waals surface area contributed by atoms with Crippen LogP contribution in [0.5, 0.6) is 5.75 Å². The molecule has 144 valence electrons. The molecule has 0 saturated carbocycles. The minimum absolute atomic E-state index is 0.0119. The summed E-state index contributed by atoms with van der Waals surface area (Å²) in [7, 11) is 1.51. The zero-order valence-electron chi connectivity index (χ0n) is 15.1. The van der Waals surface area contributed by atoms with Crippen LogP contribution in [0.25, 0.3) is 0 Å². The van der Waals surface area contributed by atoms with Gasteiger partial charge in [-0.3, -0.25) is 19.3 Å². The highest BCUT2D eigenvalue weighted by Gasteiger charge is 2.39. The molecule has 2 atom stereocenters. The second-order valence-electron chi connectivity index (χ2n) is 6.38. The SMILES string of the molecule is COc1ccccc1N1C[C@@H](C(=O)O[C@H](C)C(=O)N2CCNC2=O)CC1=O. The molecule has 1 aromatic carbocycles. The molecular weight excluding hydrogens is 354 g/mol. The van der Waals surface area contributed by atoms with Crippen molar-refractivity contribution >= 4 is 29.5 Å². The average Bonchev–Trinajstić information content (AvgIpc) is 3.26. The first-order chi connectivity index (χ1) is 12.9. The van der Waals surface area contributed by atoms with Crippen molar-refractivity contribution in [1.82, 2.24) is 10.2 Å². The number of ether oxygens (including phenoxy) is 2. The number of methoxy groups -OCH3 is 1. The molecule has 4 amide bonds. The Morgan fingerprint density at radius 1 is 1.26 bits per heavy atom. The molecule has 1 aromatic rings. The van der Waals surface area contributed by atoms with Gasteiger partial charge in [-0.2, -0.15) is 0 Å². The van der Waals surface area contributed by atoms with E-state index in [1.807, 2.05) is 0 Å². The highest BCUT2D eigenvalue weighted by Crippen LogP contribution is 2.33. The van der Waals surface area contributed by atoms with E-state index in [4.69, 9.17) is 9.47 Å². The van der Waals surface area contributed by atoms with Gasteiger partial charge in [0, 0.05) is 26.1 Å². The molecule has 0 unspecified atom stereocenters. The Kier molecular flexibility index (Phi) is 5.29. The minimum Gasteiger partial charge on any atom is -0.495 e. The number of anilines is 1. The summed E-state index contributed by atoms with van der Waals surface area (Å²) >= 11 is 0. The molecule has 0 bridgehead atoms. The Morgan fingerprint density at radius 2 is 2.00 bits per heavy atom. The van der Waals surface area contributed by atoms with E-state index in [0.29, 0.717) is 18.0 Å². The third-order valence-electron chi connectivity index (χ3n) is 4.60. The Labute approximate surface area is 156 Å². The number of benzene rings is 1. The molecule has 0 radical (unpaired) electrons. The van der Waals surface area contributed by atoms with E-state index in [1.54, 1.807) is 24.3 Å². The zero-order chi connectivity index (χ0) is 19.6. The summed E-state index contributed by atoms with van der Waals surface area (Å²) in [6.07, 6.45) is -1.11. The fraction of sp³-hybridized carbons (Fsp3) is 0.444. The van der Waals surface area contributed by atoms with E-state index < -0.39 is 29.9 Å². The van der Waals surface area contributed by atoms with Crippen molar-refractivity contribution in [2.24, 2.45) is 5.92 Å². The maximum atomic E-state index is 12.4. The van der Waals surface area contributed by atoms with Crippen molar-refractivity contribution < 1.29 is 28.7 Å². The molecular formula is C18H21N3O6. The highest BCUT2D eigenvalue weighted by molar-refractivity contribution is 6.01. The molecule has 2 saturated heterocycles. The lowest BCUT2D eigenvalue weighted by atomic mass is 10.1. The topological polar surface area (TPSA) is 105 Å². The third kappa shape index (κ3) is 3.71. The number of amides is 4. The number of urea groups is 1. The monoisotopic (exact) mass is 375 g/mol. The lowest BCUT2D eigenvalue weighted by molar-refractivity contribution is -0.160. The smallest absolute Gasteiger partial charge is 0.324 e. The number of carbonyl (C=O) groups is 4. The van der Waals surface area contributed by atoms with Crippen molar-refractivity contribution in [2.45, 2.75) is 19.4 Å². The number of carbonyl (C=O) groups excluding carboxylic acids is 4. The molecule has 0 spiro atoms. The summed E-state index contributed by atoms with van der Waals surface area (Å²) in [4.78, 5) is 51.1. The Morgan fingerprint density at radius 3 is 2.67 bits per heavy atom. The van der Waals surface area contributed by atoms with Crippen LogP contribution < -0.4 is 15.0 Å². The Bertz CT molecular complexity index is 780. The van der Waals surface area contributed by atoms with E-state index in [-0.39, 0.29) is 25.4 Å². The van der Waals surface area contributed by atoms with E-state index in [1.165, 1.54) is 18.9 Å². The van der Waals surface area contributed by atoms with E-state index in [0.717, 1.165) is 4.90 Å². The van der Waals surface area contributed by atoms with Gasteiger partial charge < -0.3 is 19.7 Å². The van der Waals surface area contributed by atoms with Crippen molar-refractivity contribution in [3.05, 3.63) is 24.3 Å². The van der Waals surface area contributed by atoms with Crippen molar-refractivity contribution in [3.63, 3.8) is 0 Å². The predicted molar refractivity (Wildman–Crippen MR) is 94.1 cm³/mol. The molecule has 1 N–H and O–H groups in total. The molecule has 9 nitrogen and oxygen atoms in total. The molecule has 27 heavy (non-hydrogen) atoms. The lowest BCUT2D eigenvalue weighted by Gasteiger charge is -2.21. The van der Waals surface area contributed by atoms with Gasteiger partial charge in [0.15, 0.2) is 6.10 Å². The van der Waals surface area contributed by atoms with Crippen LogP contribution in [0.3, 0.4) is 0 Å². The maximum Gasteiger partial charge on any atom is 0.324 e. The van der Waals surface area contributed by atoms with Crippen LogP contribution in [0.2, 0.25) is 0 Å². The molecule has 9 heteroatoms. The third-order valence-corrected chi connectivity index (χ3v) is 4.60. The summed E-state index contributed by atoms with van der Waals surface area (Å²) in [6.45, 7) is 2.17. The zero-order valence-corrected chi connectivity index (χ0v) is 15.1. The summed E-state index contributed by atoms with van der Waals surface area (Å²) in [6, 6.07) is 6.54. The molecule has 2 aliphatic rings. The lowest BCUT2D eigenvalue weighted by Crippen LogP contribution is -2.42. The van der Waals surface area contributed by atoms with Crippen LogP contribution in [-0.2, 0) is 19.1 Å². The fourth-order valence-electron chi connectivity index (χ4n) is 3.17. The van der Waals surface area contributed by atoms with Crippen LogP contribution in [0.1, 0.15) is 13.3 Å². The van der Waals surface area contributed by atoms with Gasteiger partial charge in [0.05, 0.1) is 18.7 Å². The number of esters is 1. The van der Waals surface area contributed by atoms with Crippen LogP contribution in [0, 0.1) is 5.92 Å². The van der Waals surface area contributed by atoms with Gasteiger partial charge in [0.1, 0.15) is 5.75 Å². The molecule has 2 aliphatic heterocycles. The molecule has 0 aromatic heterocycles. The van der Waals surface area contributed by atoms with Crippen LogP contribution >= 0.6 is 0 Å². The van der Waals surface area contributed by atoms with E-state index in [9.17, 15) is 19.2 Å². The number of rotatable bonds is 5. The largest absolute Gasteiger partial charge is 0.495 e. The minimum atomic E-state index is -1.10. The molecule has 2 heterocycles. The average molecular weight is 375 g/mol. The Hall–Kier alpha value is -3.10. The fourth-order valence-corrected chi connectivity index (χ4v) is 3.17. The standard InChI is InChI=1S/C18H21N3O6/c1-11(16(23)20-8-7-19-18(20)25)27-17(24)12-9-15(22)21(10-12)13-5-3-4-6-14(13)26-2/h3-6,11-12H,7-10H2,1-2H3,(H,19,25)/t11-,12+/m1/s1. The summed E-state index contributed by atoms with van der Waals surface area (Å²) in [5.41, 5.74) is 0.582. The number of hydrogen-bond acceptors (Lipinski definition) is 6. The van der Waals surface area contributed by atoms with Gasteiger partial charge >= 0.3 is 12.0 Å². The molecule has 2 fully saturated rings. The van der Waals surface area contributed by atoms with Gasteiger partial charge in [0.25, 0.3) is 5.91 Å². The first-order valence-corrected chi connectivity index (χ1v) is 8.65. The van der Waals surface area contributed by atoms with Crippen molar-refractivity contribution in [3.8, 4) is 5.75 Å². The van der Waals surface area contributed by atoms with Gasteiger partial charge in [-0.05, 0) is 19.1 Å². The van der Waals surface area contributed by atoms with Crippen LogP contribution in [0.15, 0.2) is 24.3 Å². The second-order valence-corrected chi connectivity index (χ2v) is 6.38. The first-order valence-electron chi connectivity index (χ1n) is 8.65. The summed E-state index contributed by atoms with van der Waals surface area (Å²) in [5, 5.41) is 2.52. The number of hydrogen-bond donors (Lipinski definition) is 1. The summed E-state index contributed by atoms with van der Waals surface area (Å²) in [5.74, 6) is -1.60. The van der Waals surface area contributed by atoms with Crippen molar-refractivity contribution in [1.29, 1.82) is 0 Å². The number of nitrogens with zero attached hydrogens (tertiary/aromatic N) is 2. The van der Waals surface area contributed by atoms with Crippen molar-refractivity contribution in [2.75, 3.05) is 31.6 Å². The quantitative estimate of drug-likeness (QED) is 0.753. The second kappa shape index (κ2) is 7.65. The van der Waals surface area contributed by atoms with E-state index in [2.05, 4.69) is 5.32 Å². The van der Waals surface area contributed by atoms with Gasteiger partial charge in [-0.1, -0.05) is 12.1 Å². The summed E-state index contributed by atoms with van der Waals surface area (Å²) < 4.78 is 10.5. The first kappa shape index (κ1) is 18.7. The van der Waals surface area contributed by atoms with Gasteiger partial charge in [-0.25, -0.2) is 4.79 Å². The number of para-hydroxylation sites is 2. The maximum absolute atomic E-state index is 12.4. The Balaban J connectivity index is 1.63. The van der Waals surface area contributed by atoms with Gasteiger partial charge in [0.2, 0.25) is 5.91 Å². The highest BCUT2D eigenvalue weighted by atomic mass is 16.5. The number of nitrogens with one attached hydrogen (secondary N) is 1. The van der Waals surface area contributed by atoms with E-state index >= 15 is 0 Å². The molecule has 3 rings (SSSR count). The predicted octanol–water partition coefficient (Wildman–Crippen LogP) is 0.532. The van der Waals surface area contributed by atoms with Gasteiger partial charge in [-0.15, -0.1) is 0 Å². The van der Waals surface area contributed by atoms with Crippen LogP contribution in [-0.4, -0.2) is 61.6 Å². The molecule has 0 aliphatic carbocycles. The normalized spacial score (nSPS) is 20.4.